The number of halogens is 4. The maximum atomic E-state index is 12.9. The Morgan fingerprint density at radius 3 is 2.55 bits per heavy atom. The lowest BCUT2D eigenvalue weighted by atomic mass is 10.1. The number of hydrogen-bond acceptors (Lipinski definition) is 2. The number of fused-ring (bicyclic) bond motifs is 1. The van der Waals surface area contributed by atoms with Crippen LogP contribution in [0.25, 0.3) is 22.3 Å². The van der Waals surface area contributed by atoms with Crippen molar-refractivity contribution in [1.82, 2.24) is 9.97 Å². The van der Waals surface area contributed by atoms with Crippen LogP contribution in [-0.4, -0.2) is 9.97 Å². The predicted molar refractivity (Wildman–Crippen MR) is 80.5 cm³/mol. The van der Waals surface area contributed by atoms with E-state index >= 15 is 0 Å². The minimum Gasteiger partial charge on any atom is -0.306 e. The SMILES string of the molecule is O=c1[nH]c(-c2cc(Br)cc(C(F)(F)F)c2)nc2ccccc12. The first-order chi connectivity index (χ1) is 10.3. The summed E-state index contributed by atoms with van der Waals surface area (Å²) in [5, 5.41) is 0.386. The lowest BCUT2D eigenvalue weighted by Gasteiger charge is -2.10. The van der Waals surface area contributed by atoms with E-state index in [1.165, 1.54) is 6.07 Å². The lowest BCUT2D eigenvalue weighted by Crippen LogP contribution is -2.10. The van der Waals surface area contributed by atoms with E-state index in [-0.39, 0.29) is 15.9 Å². The van der Waals surface area contributed by atoms with Gasteiger partial charge in [0.15, 0.2) is 0 Å². The molecule has 3 rings (SSSR count). The highest BCUT2D eigenvalue weighted by Gasteiger charge is 2.31. The number of nitrogens with one attached hydrogen (secondary N) is 1. The predicted octanol–water partition coefficient (Wildman–Crippen LogP) is 4.37. The molecule has 0 aliphatic carbocycles. The monoisotopic (exact) mass is 368 g/mol. The number of aromatic amines is 1. The average molecular weight is 369 g/mol. The van der Waals surface area contributed by atoms with Crippen molar-refractivity contribution in [2.75, 3.05) is 0 Å². The van der Waals surface area contributed by atoms with Crippen LogP contribution < -0.4 is 5.56 Å². The largest absolute Gasteiger partial charge is 0.416 e. The van der Waals surface area contributed by atoms with Gasteiger partial charge in [0.05, 0.1) is 16.5 Å². The zero-order valence-corrected chi connectivity index (χ0v) is 12.5. The van der Waals surface area contributed by atoms with E-state index < -0.39 is 17.3 Å². The first-order valence-corrected chi connectivity index (χ1v) is 7.01. The Balaban J connectivity index is 2.24. The van der Waals surface area contributed by atoms with Crippen molar-refractivity contribution >= 4 is 26.8 Å². The molecule has 7 heteroatoms. The summed E-state index contributed by atoms with van der Waals surface area (Å²) in [4.78, 5) is 18.8. The van der Waals surface area contributed by atoms with E-state index in [4.69, 9.17) is 0 Å². The Morgan fingerprint density at radius 1 is 1.09 bits per heavy atom. The van der Waals surface area contributed by atoms with Gasteiger partial charge in [-0.25, -0.2) is 4.98 Å². The highest BCUT2D eigenvalue weighted by Crippen LogP contribution is 2.34. The second kappa shape index (κ2) is 5.24. The molecule has 22 heavy (non-hydrogen) atoms. The van der Waals surface area contributed by atoms with Crippen LogP contribution in [0.15, 0.2) is 51.7 Å². The van der Waals surface area contributed by atoms with Gasteiger partial charge in [-0.15, -0.1) is 0 Å². The molecular formula is C15H8BrF3N2O. The van der Waals surface area contributed by atoms with Crippen LogP contribution in [0, 0.1) is 0 Å². The molecule has 0 spiro atoms. The number of alkyl halides is 3. The molecule has 0 unspecified atom stereocenters. The molecule has 1 N–H and O–H groups in total. The minimum absolute atomic E-state index is 0.0931. The van der Waals surface area contributed by atoms with Crippen molar-refractivity contribution in [1.29, 1.82) is 0 Å². The number of hydrogen-bond donors (Lipinski definition) is 1. The average Bonchev–Trinajstić information content (AvgIpc) is 2.45. The first-order valence-electron chi connectivity index (χ1n) is 6.22. The Morgan fingerprint density at radius 2 is 1.82 bits per heavy atom. The van der Waals surface area contributed by atoms with Gasteiger partial charge in [-0.1, -0.05) is 28.1 Å². The highest BCUT2D eigenvalue weighted by molar-refractivity contribution is 9.10. The summed E-state index contributed by atoms with van der Waals surface area (Å²) >= 11 is 3.05. The molecule has 3 aromatic rings. The van der Waals surface area contributed by atoms with Gasteiger partial charge in [0, 0.05) is 10.0 Å². The summed E-state index contributed by atoms with van der Waals surface area (Å²) in [5.41, 5.74) is -0.596. The molecule has 0 atom stereocenters. The third-order valence-electron chi connectivity index (χ3n) is 3.11. The van der Waals surface area contributed by atoms with Gasteiger partial charge in [-0.05, 0) is 30.3 Å². The lowest BCUT2D eigenvalue weighted by molar-refractivity contribution is -0.137. The maximum absolute atomic E-state index is 12.9. The molecule has 0 fully saturated rings. The standard InChI is InChI=1S/C15H8BrF3N2O/c16-10-6-8(5-9(7-10)15(17,18)19)13-20-12-4-2-1-3-11(12)14(22)21-13/h1-7H,(H,20,21,22). The van der Waals surface area contributed by atoms with Crippen LogP contribution in [0.5, 0.6) is 0 Å². The zero-order chi connectivity index (χ0) is 15.9. The summed E-state index contributed by atoms with van der Waals surface area (Å²) in [5.74, 6) is 0.0931. The molecule has 1 heterocycles. The van der Waals surface area contributed by atoms with Gasteiger partial charge in [-0.2, -0.15) is 13.2 Å². The molecule has 0 radical (unpaired) electrons. The van der Waals surface area contributed by atoms with E-state index in [1.807, 2.05) is 0 Å². The molecular weight excluding hydrogens is 361 g/mol. The first kappa shape index (κ1) is 14.8. The number of para-hydroxylation sites is 1. The van der Waals surface area contributed by atoms with Crippen molar-refractivity contribution in [3.8, 4) is 11.4 Å². The Bertz CT molecular complexity index is 919. The Hall–Kier alpha value is -2.15. The summed E-state index contributed by atoms with van der Waals surface area (Å²) in [6.45, 7) is 0. The van der Waals surface area contributed by atoms with Gasteiger partial charge < -0.3 is 4.98 Å². The van der Waals surface area contributed by atoms with Gasteiger partial charge in [0.1, 0.15) is 5.82 Å². The minimum atomic E-state index is -4.48. The third kappa shape index (κ3) is 2.76. The van der Waals surface area contributed by atoms with E-state index in [0.717, 1.165) is 12.1 Å². The van der Waals surface area contributed by atoms with E-state index in [2.05, 4.69) is 25.9 Å². The molecule has 2 aromatic carbocycles. The molecule has 0 saturated carbocycles. The van der Waals surface area contributed by atoms with Crippen molar-refractivity contribution in [2.45, 2.75) is 6.18 Å². The van der Waals surface area contributed by atoms with Crippen molar-refractivity contribution < 1.29 is 13.2 Å². The van der Waals surface area contributed by atoms with Gasteiger partial charge >= 0.3 is 6.18 Å². The molecule has 112 valence electrons. The second-order valence-corrected chi connectivity index (χ2v) is 5.57. The maximum Gasteiger partial charge on any atom is 0.416 e. The quantitative estimate of drug-likeness (QED) is 0.693. The molecule has 0 aliphatic rings. The fraction of sp³-hybridized carbons (Fsp3) is 0.0667. The number of nitrogens with zero attached hydrogens (tertiary/aromatic N) is 1. The molecule has 1 aromatic heterocycles. The number of H-pyrrole nitrogens is 1. The van der Waals surface area contributed by atoms with Crippen molar-refractivity contribution in [3.63, 3.8) is 0 Å². The summed E-state index contributed by atoms with van der Waals surface area (Å²) in [6, 6.07) is 10.0. The number of aromatic nitrogens is 2. The van der Waals surface area contributed by atoms with E-state index in [0.29, 0.717) is 10.9 Å². The van der Waals surface area contributed by atoms with Crippen molar-refractivity contribution in [2.24, 2.45) is 0 Å². The Kier molecular flexibility index (Phi) is 3.52. The molecule has 0 aliphatic heterocycles. The van der Waals surface area contributed by atoms with Crippen LogP contribution >= 0.6 is 15.9 Å². The van der Waals surface area contributed by atoms with Crippen LogP contribution in [0.1, 0.15) is 5.56 Å². The number of benzene rings is 2. The molecule has 0 amide bonds. The second-order valence-electron chi connectivity index (χ2n) is 4.66. The molecule has 0 saturated heterocycles. The van der Waals surface area contributed by atoms with Gasteiger partial charge in [-0.3, -0.25) is 4.79 Å². The summed E-state index contributed by atoms with van der Waals surface area (Å²) in [7, 11) is 0. The van der Waals surface area contributed by atoms with Crippen molar-refractivity contribution in [3.05, 3.63) is 62.9 Å². The Labute approximate surface area is 131 Å². The summed E-state index contributed by atoms with van der Waals surface area (Å²) in [6.07, 6.45) is -4.48. The fourth-order valence-electron chi connectivity index (χ4n) is 2.11. The van der Waals surface area contributed by atoms with Crippen LogP contribution in [0.2, 0.25) is 0 Å². The van der Waals surface area contributed by atoms with E-state index in [1.54, 1.807) is 24.3 Å². The van der Waals surface area contributed by atoms with E-state index in [9.17, 15) is 18.0 Å². The fourth-order valence-corrected chi connectivity index (χ4v) is 2.61. The normalized spacial score (nSPS) is 11.8. The molecule has 0 bridgehead atoms. The highest BCUT2D eigenvalue weighted by atomic mass is 79.9. The molecule has 3 nitrogen and oxygen atoms in total. The zero-order valence-electron chi connectivity index (χ0n) is 10.9. The van der Waals surface area contributed by atoms with Crippen LogP contribution in [-0.2, 0) is 6.18 Å². The van der Waals surface area contributed by atoms with Gasteiger partial charge in [0.25, 0.3) is 5.56 Å². The van der Waals surface area contributed by atoms with Gasteiger partial charge in [0.2, 0.25) is 0 Å². The van der Waals surface area contributed by atoms with Crippen LogP contribution in [0.3, 0.4) is 0 Å². The van der Waals surface area contributed by atoms with Crippen LogP contribution in [0.4, 0.5) is 13.2 Å². The number of rotatable bonds is 1. The third-order valence-corrected chi connectivity index (χ3v) is 3.57. The smallest absolute Gasteiger partial charge is 0.306 e. The topological polar surface area (TPSA) is 45.8 Å². The summed E-state index contributed by atoms with van der Waals surface area (Å²) < 4.78 is 38.9.